The number of nitrogens with zero attached hydrogens (tertiary/aromatic N) is 2. The van der Waals surface area contributed by atoms with Crippen LogP contribution in [0.15, 0.2) is 15.3 Å². The fourth-order valence-electron chi connectivity index (χ4n) is 1.14. The number of unbranched alkanes of at least 4 members (excludes halogenated alkanes) is 1. The third kappa shape index (κ3) is 4.95. The minimum atomic E-state index is -1.03. The van der Waals surface area contributed by atoms with Crippen LogP contribution in [0.2, 0.25) is 0 Å². The Morgan fingerprint density at radius 2 is 2.07 bits per heavy atom. The molecule has 0 N–H and O–H groups in total. The SMILES string of the molecule is CCCC[N+]1(C)C=NC(Cl)=C1Cl.[O]=[Al][Cl]. The van der Waals surface area contributed by atoms with E-state index < -0.39 is 14.2 Å². The molecule has 0 radical (unpaired) electrons. The van der Waals surface area contributed by atoms with Gasteiger partial charge in [-0.05, 0) is 18.0 Å². The van der Waals surface area contributed by atoms with Crippen LogP contribution in [0.3, 0.4) is 0 Å². The number of halogens is 3. The quantitative estimate of drug-likeness (QED) is 0.445. The van der Waals surface area contributed by atoms with Gasteiger partial charge in [0, 0.05) is 0 Å². The molecule has 1 unspecified atom stereocenters. The first-order valence-corrected chi connectivity index (χ1v) is 7.49. The Kier molecular flexibility index (Phi) is 8.08. The Labute approximate surface area is 110 Å². The standard InChI is InChI=1S/C8H13Cl2N2.Al.ClH.O/c1-3-4-5-12(2)6-11-7(9)8(12)10;;;/h6H,3-5H2,1-2H3;;1H;/q2*+1;;/p-1. The van der Waals surface area contributed by atoms with Crippen molar-refractivity contribution in [1.29, 1.82) is 0 Å². The van der Waals surface area contributed by atoms with Gasteiger partial charge in [0.15, 0.2) is 6.34 Å². The van der Waals surface area contributed by atoms with Gasteiger partial charge < -0.3 is 0 Å². The number of rotatable bonds is 3. The summed E-state index contributed by atoms with van der Waals surface area (Å²) in [6.07, 6.45) is 4.08. The van der Waals surface area contributed by atoms with Crippen LogP contribution in [0.4, 0.5) is 0 Å². The van der Waals surface area contributed by atoms with Crippen LogP contribution in [0.25, 0.3) is 0 Å². The van der Waals surface area contributed by atoms with Gasteiger partial charge >= 0.3 is 28.1 Å². The summed E-state index contributed by atoms with van der Waals surface area (Å²) in [6.45, 7) is 3.12. The van der Waals surface area contributed by atoms with Crippen LogP contribution < -0.4 is 0 Å². The van der Waals surface area contributed by atoms with Crippen molar-refractivity contribution in [3.8, 4) is 0 Å². The molecule has 15 heavy (non-hydrogen) atoms. The van der Waals surface area contributed by atoms with Crippen molar-refractivity contribution < 1.29 is 8.29 Å². The number of hydrogen-bond donors (Lipinski definition) is 0. The molecule has 3 nitrogen and oxygen atoms in total. The molecule has 0 aromatic rings. The van der Waals surface area contributed by atoms with Gasteiger partial charge in [-0.25, -0.2) is 4.48 Å². The summed E-state index contributed by atoms with van der Waals surface area (Å²) in [6, 6.07) is 0. The van der Waals surface area contributed by atoms with Crippen molar-refractivity contribution in [3.05, 3.63) is 10.3 Å². The zero-order chi connectivity index (χ0) is 11.9. The molecule has 0 fully saturated rings. The predicted octanol–water partition coefficient (Wildman–Crippen LogP) is 3.07. The molecule has 0 spiro atoms. The topological polar surface area (TPSA) is 29.4 Å². The average Bonchev–Trinajstić information content (AvgIpc) is 2.46. The average molecular weight is 287 g/mol. The number of aliphatic imine (C=N–C) groups is 1. The van der Waals surface area contributed by atoms with Gasteiger partial charge in [-0.15, -0.1) is 0 Å². The molecular formula is C8H13AlCl3N2O+. The Balaban J connectivity index is 0.000000583. The summed E-state index contributed by atoms with van der Waals surface area (Å²) >= 11 is 10.7. The van der Waals surface area contributed by atoms with Crippen molar-refractivity contribution in [3.63, 3.8) is 0 Å². The van der Waals surface area contributed by atoms with E-state index in [1.54, 1.807) is 6.34 Å². The number of quaternary nitrogens is 1. The Hall–Kier alpha value is 0.572. The second-order valence-corrected chi connectivity index (χ2v) is 4.69. The van der Waals surface area contributed by atoms with Gasteiger partial charge in [-0.3, -0.25) is 0 Å². The maximum atomic E-state index is 8.78. The molecule has 0 saturated carbocycles. The van der Waals surface area contributed by atoms with E-state index in [0.29, 0.717) is 14.8 Å². The van der Waals surface area contributed by atoms with Gasteiger partial charge in [0.2, 0.25) is 10.3 Å². The predicted molar refractivity (Wildman–Crippen MR) is 65.5 cm³/mol. The van der Waals surface area contributed by atoms with E-state index in [0.717, 1.165) is 19.4 Å². The molecule has 0 aliphatic carbocycles. The number of hydrogen-bond acceptors (Lipinski definition) is 2. The van der Waals surface area contributed by atoms with Gasteiger partial charge in [0.05, 0.1) is 13.6 Å². The van der Waals surface area contributed by atoms with Crippen LogP contribution >= 0.6 is 33.3 Å². The second-order valence-electron chi connectivity index (χ2n) is 3.26. The van der Waals surface area contributed by atoms with E-state index in [1.165, 1.54) is 0 Å². The molecule has 1 heterocycles. The molecular weight excluding hydrogens is 273 g/mol. The van der Waals surface area contributed by atoms with Crippen LogP contribution in [0.1, 0.15) is 19.8 Å². The van der Waals surface area contributed by atoms with Crippen molar-refractivity contribution in [2.75, 3.05) is 13.6 Å². The van der Waals surface area contributed by atoms with E-state index in [1.807, 2.05) is 7.05 Å². The fourth-order valence-corrected chi connectivity index (χ4v) is 1.55. The van der Waals surface area contributed by atoms with E-state index in [9.17, 15) is 0 Å². The van der Waals surface area contributed by atoms with E-state index in [-0.39, 0.29) is 0 Å². The summed E-state index contributed by atoms with van der Waals surface area (Å²) in [5.74, 6) is 0. The van der Waals surface area contributed by atoms with Crippen molar-refractivity contribution >= 4 is 53.8 Å². The summed E-state index contributed by atoms with van der Waals surface area (Å²) < 4.78 is 9.33. The van der Waals surface area contributed by atoms with Gasteiger partial charge in [-0.2, -0.15) is 4.99 Å². The first kappa shape index (κ1) is 15.6. The summed E-state index contributed by atoms with van der Waals surface area (Å²) in [4.78, 5) is 3.98. The molecule has 1 aliphatic heterocycles. The molecule has 0 saturated heterocycles. The molecule has 1 atom stereocenters. The maximum absolute atomic E-state index is 8.78. The van der Waals surface area contributed by atoms with Crippen LogP contribution in [0, 0.1) is 0 Å². The molecule has 84 valence electrons. The molecule has 0 amide bonds. The van der Waals surface area contributed by atoms with Gasteiger partial charge in [0.1, 0.15) is 0 Å². The third-order valence-corrected chi connectivity index (χ3v) is 2.96. The molecule has 0 aromatic heterocycles. The third-order valence-electron chi connectivity index (χ3n) is 2.02. The van der Waals surface area contributed by atoms with Crippen LogP contribution in [-0.2, 0) is 3.80 Å². The molecule has 7 heteroatoms. The van der Waals surface area contributed by atoms with Gasteiger partial charge in [-0.1, -0.05) is 24.9 Å². The van der Waals surface area contributed by atoms with Crippen LogP contribution in [0.5, 0.6) is 0 Å². The first-order chi connectivity index (χ1) is 7.01. The first-order valence-electron chi connectivity index (χ1n) is 4.52. The van der Waals surface area contributed by atoms with Crippen molar-refractivity contribution in [1.82, 2.24) is 0 Å². The molecule has 0 bridgehead atoms. The van der Waals surface area contributed by atoms with E-state index in [4.69, 9.17) is 27.0 Å². The summed E-state index contributed by atoms with van der Waals surface area (Å²) in [5, 5.41) is 1.06. The zero-order valence-corrected chi connectivity index (χ0v) is 12.1. The van der Waals surface area contributed by atoms with E-state index in [2.05, 4.69) is 22.0 Å². The Morgan fingerprint density at radius 1 is 1.53 bits per heavy atom. The van der Waals surface area contributed by atoms with Crippen molar-refractivity contribution in [2.45, 2.75) is 19.8 Å². The summed E-state index contributed by atoms with van der Waals surface area (Å²) in [5.41, 5.74) is 0. The molecule has 1 rings (SSSR count). The zero-order valence-electron chi connectivity index (χ0n) is 8.71. The van der Waals surface area contributed by atoms with E-state index >= 15 is 0 Å². The Morgan fingerprint density at radius 3 is 2.40 bits per heavy atom. The molecule has 0 aromatic carbocycles. The normalized spacial score (nSPS) is 23.5. The summed E-state index contributed by atoms with van der Waals surface area (Å²) in [7, 11) is 6.54. The van der Waals surface area contributed by atoms with Crippen LogP contribution in [-0.4, -0.2) is 38.6 Å². The monoisotopic (exact) mass is 285 g/mol. The molecule has 1 aliphatic rings. The van der Waals surface area contributed by atoms with Crippen molar-refractivity contribution in [2.24, 2.45) is 4.99 Å². The fraction of sp³-hybridized carbons (Fsp3) is 0.625. The van der Waals surface area contributed by atoms with Gasteiger partial charge in [0.25, 0.3) is 0 Å². The second kappa shape index (κ2) is 7.78. The Bertz CT molecular complexity index is 283. The minimum absolute atomic E-state index is 0.426.